The number of nitrogens with zero attached hydrogens (tertiary/aromatic N) is 2. The second kappa shape index (κ2) is 6.60. The largest absolute Gasteiger partial charge is 0.383 e. The van der Waals surface area contributed by atoms with Crippen LogP contribution in [0.1, 0.15) is 5.56 Å². The number of nitrogens with two attached hydrogens (primary N) is 1. The number of nitrogen functional groups attached to an aromatic ring is 1. The SMILES string of the molecule is N#Cc1c(-c2cc(Br)ccc2F)cc(-c2ccc(Cl)cc2)nc1N. The van der Waals surface area contributed by atoms with Crippen molar-refractivity contribution in [2.75, 3.05) is 5.73 Å². The summed E-state index contributed by atoms with van der Waals surface area (Å²) in [6.07, 6.45) is 0. The number of halogens is 3. The van der Waals surface area contributed by atoms with Gasteiger partial charge in [-0.05, 0) is 36.4 Å². The van der Waals surface area contributed by atoms with Gasteiger partial charge in [0.1, 0.15) is 23.3 Å². The van der Waals surface area contributed by atoms with Gasteiger partial charge in [-0.2, -0.15) is 5.26 Å². The van der Waals surface area contributed by atoms with Gasteiger partial charge >= 0.3 is 0 Å². The van der Waals surface area contributed by atoms with Crippen molar-refractivity contribution in [2.45, 2.75) is 0 Å². The minimum absolute atomic E-state index is 0.0549. The van der Waals surface area contributed by atoms with Gasteiger partial charge in [0.05, 0.1) is 5.69 Å². The van der Waals surface area contributed by atoms with Crippen molar-refractivity contribution in [3.63, 3.8) is 0 Å². The number of pyridine rings is 1. The summed E-state index contributed by atoms with van der Waals surface area (Å²) in [5, 5.41) is 9.99. The van der Waals surface area contributed by atoms with Crippen LogP contribution in [0.5, 0.6) is 0 Å². The Morgan fingerprint density at radius 2 is 1.79 bits per heavy atom. The van der Waals surface area contributed by atoms with Crippen LogP contribution in [0.25, 0.3) is 22.4 Å². The molecule has 0 atom stereocenters. The lowest BCUT2D eigenvalue weighted by Crippen LogP contribution is -2.00. The highest BCUT2D eigenvalue weighted by Gasteiger charge is 2.16. The van der Waals surface area contributed by atoms with Crippen LogP contribution < -0.4 is 5.73 Å². The Bertz CT molecular complexity index is 965. The van der Waals surface area contributed by atoms with Crippen LogP contribution in [0.15, 0.2) is 53.0 Å². The van der Waals surface area contributed by atoms with Crippen molar-refractivity contribution in [1.29, 1.82) is 5.26 Å². The smallest absolute Gasteiger partial charge is 0.142 e. The molecule has 0 aliphatic rings. The molecule has 0 saturated carbocycles. The third kappa shape index (κ3) is 3.12. The van der Waals surface area contributed by atoms with Crippen molar-refractivity contribution in [3.05, 3.63) is 69.4 Å². The Kier molecular flexibility index (Phi) is 4.52. The lowest BCUT2D eigenvalue weighted by Gasteiger charge is -2.11. The van der Waals surface area contributed by atoms with E-state index in [0.717, 1.165) is 5.56 Å². The Morgan fingerprint density at radius 1 is 1.08 bits per heavy atom. The quantitative estimate of drug-likeness (QED) is 0.622. The third-order valence-electron chi connectivity index (χ3n) is 3.52. The van der Waals surface area contributed by atoms with E-state index in [1.165, 1.54) is 6.07 Å². The van der Waals surface area contributed by atoms with Gasteiger partial charge in [0, 0.05) is 26.2 Å². The van der Waals surface area contributed by atoms with E-state index in [9.17, 15) is 9.65 Å². The normalized spacial score (nSPS) is 10.4. The van der Waals surface area contributed by atoms with Crippen molar-refractivity contribution in [2.24, 2.45) is 0 Å². The second-order valence-electron chi connectivity index (χ2n) is 5.06. The molecule has 0 amide bonds. The number of benzene rings is 2. The molecule has 0 spiro atoms. The van der Waals surface area contributed by atoms with E-state index in [0.29, 0.717) is 20.8 Å². The highest BCUT2D eigenvalue weighted by atomic mass is 79.9. The summed E-state index contributed by atoms with van der Waals surface area (Å²) in [6, 6.07) is 15.2. The Hall–Kier alpha value is -2.42. The summed E-state index contributed by atoms with van der Waals surface area (Å²) in [5.74, 6) is -0.387. The van der Waals surface area contributed by atoms with Crippen molar-refractivity contribution in [1.82, 2.24) is 4.98 Å². The van der Waals surface area contributed by atoms with Crippen LogP contribution in [0.2, 0.25) is 5.02 Å². The Balaban J connectivity index is 2.27. The molecule has 1 heterocycles. The molecule has 2 N–H and O–H groups in total. The molecule has 0 aliphatic carbocycles. The van der Waals surface area contributed by atoms with Crippen molar-refractivity contribution in [3.8, 4) is 28.5 Å². The predicted octanol–water partition coefficient (Wildman–Crippen LogP) is 5.42. The molecule has 1 aromatic heterocycles. The average molecular weight is 403 g/mol. The lowest BCUT2D eigenvalue weighted by atomic mass is 9.98. The third-order valence-corrected chi connectivity index (χ3v) is 4.26. The number of hydrogen-bond donors (Lipinski definition) is 1. The molecule has 6 heteroatoms. The molecule has 3 aromatic rings. The maximum absolute atomic E-state index is 14.3. The standard InChI is InChI=1S/C18H10BrClFN3/c19-11-3-6-16(21)14(7-11)13-8-17(24-18(23)15(13)9-22)10-1-4-12(20)5-2-10/h1-8H,(H2,23,24). The van der Waals surface area contributed by atoms with Crippen molar-refractivity contribution >= 4 is 33.3 Å². The fourth-order valence-corrected chi connectivity index (χ4v) is 2.85. The number of aromatic nitrogens is 1. The molecule has 0 fully saturated rings. The first-order chi connectivity index (χ1) is 11.5. The Morgan fingerprint density at radius 3 is 2.46 bits per heavy atom. The Labute approximate surface area is 151 Å². The van der Waals surface area contributed by atoms with E-state index >= 15 is 0 Å². The van der Waals surface area contributed by atoms with Gasteiger partial charge in [0.2, 0.25) is 0 Å². The highest BCUT2D eigenvalue weighted by Crippen LogP contribution is 2.34. The first kappa shape index (κ1) is 16.4. The molecule has 24 heavy (non-hydrogen) atoms. The van der Waals surface area contributed by atoms with Gasteiger partial charge in [0.15, 0.2) is 0 Å². The molecule has 0 saturated heterocycles. The molecule has 0 radical (unpaired) electrons. The summed E-state index contributed by atoms with van der Waals surface area (Å²) in [4.78, 5) is 4.26. The zero-order chi connectivity index (χ0) is 17.3. The molecular weight excluding hydrogens is 393 g/mol. The maximum atomic E-state index is 14.3. The molecule has 2 aromatic carbocycles. The highest BCUT2D eigenvalue weighted by molar-refractivity contribution is 9.10. The molecular formula is C18H10BrClFN3. The van der Waals surface area contributed by atoms with Gasteiger partial charge in [-0.15, -0.1) is 0 Å². The molecule has 118 valence electrons. The zero-order valence-corrected chi connectivity index (χ0v) is 14.6. The topological polar surface area (TPSA) is 62.7 Å². The molecule has 3 nitrogen and oxygen atoms in total. The molecule has 0 aliphatic heterocycles. The van der Waals surface area contributed by atoms with E-state index in [4.69, 9.17) is 17.3 Å². The first-order valence-corrected chi connectivity index (χ1v) is 8.08. The van der Waals surface area contributed by atoms with Gasteiger partial charge < -0.3 is 5.73 Å². The van der Waals surface area contributed by atoms with Crippen LogP contribution in [0.3, 0.4) is 0 Å². The average Bonchev–Trinajstić information content (AvgIpc) is 2.57. The number of hydrogen-bond acceptors (Lipinski definition) is 3. The number of anilines is 1. The predicted molar refractivity (Wildman–Crippen MR) is 96.9 cm³/mol. The van der Waals surface area contributed by atoms with Crippen LogP contribution >= 0.6 is 27.5 Å². The van der Waals surface area contributed by atoms with E-state index in [1.54, 1.807) is 42.5 Å². The summed E-state index contributed by atoms with van der Waals surface area (Å²) >= 11 is 9.22. The molecule has 0 bridgehead atoms. The number of rotatable bonds is 2. The van der Waals surface area contributed by atoms with Gasteiger partial charge in [-0.3, -0.25) is 0 Å². The van der Waals surface area contributed by atoms with E-state index < -0.39 is 5.82 Å². The van der Waals surface area contributed by atoms with Crippen LogP contribution in [0, 0.1) is 17.1 Å². The maximum Gasteiger partial charge on any atom is 0.142 e. The van der Waals surface area contributed by atoms with E-state index in [1.807, 2.05) is 6.07 Å². The lowest BCUT2D eigenvalue weighted by molar-refractivity contribution is 0.631. The minimum atomic E-state index is -0.442. The van der Waals surface area contributed by atoms with Crippen molar-refractivity contribution < 1.29 is 4.39 Å². The first-order valence-electron chi connectivity index (χ1n) is 6.91. The fourth-order valence-electron chi connectivity index (χ4n) is 2.37. The van der Waals surface area contributed by atoms with E-state index in [-0.39, 0.29) is 16.9 Å². The van der Waals surface area contributed by atoms with Crippen LogP contribution in [0.4, 0.5) is 10.2 Å². The van der Waals surface area contributed by atoms with E-state index in [2.05, 4.69) is 20.9 Å². The monoisotopic (exact) mass is 401 g/mol. The molecule has 0 unspecified atom stereocenters. The fraction of sp³-hybridized carbons (Fsp3) is 0. The van der Waals surface area contributed by atoms with Gasteiger partial charge in [-0.1, -0.05) is 39.7 Å². The minimum Gasteiger partial charge on any atom is -0.383 e. The number of nitriles is 1. The summed E-state index contributed by atoms with van der Waals surface area (Å²) < 4.78 is 15.0. The summed E-state index contributed by atoms with van der Waals surface area (Å²) in [7, 11) is 0. The molecule has 3 rings (SSSR count). The van der Waals surface area contributed by atoms with Crippen LogP contribution in [-0.2, 0) is 0 Å². The second-order valence-corrected chi connectivity index (χ2v) is 6.41. The zero-order valence-electron chi connectivity index (χ0n) is 12.2. The summed E-state index contributed by atoms with van der Waals surface area (Å²) in [6.45, 7) is 0. The van der Waals surface area contributed by atoms with Gasteiger partial charge in [-0.25, -0.2) is 9.37 Å². The summed E-state index contributed by atoms with van der Waals surface area (Å²) in [5.41, 5.74) is 8.06. The van der Waals surface area contributed by atoms with Gasteiger partial charge in [0.25, 0.3) is 0 Å². The van der Waals surface area contributed by atoms with Crippen LogP contribution in [-0.4, -0.2) is 4.98 Å².